The number of nitrogens with one attached hydrogen (secondary N) is 1. The second kappa shape index (κ2) is 5.72. The normalized spacial score (nSPS) is 22.6. The first-order valence-corrected chi connectivity index (χ1v) is 6.73. The SMILES string of the molecule is CC1(C)CN(Cc2ccccc2)C(=O)C(CCO)N1. The Morgan fingerprint density at radius 2 is 2.05 bits per heavy atom. The average molecular weight is 262 g/mol. The predicted molar refractivity (Wildman–Crippen MR) is 74.6 cm³/mol. The molecule has 4 nitrogen and oxygen atoms in total. The molecule has 0 aromatic heterocycles. The largest absolute Gasteiger partial charge is 0.396 e. The molecule has 1 aliphatic rings. The van der Waals surface area contributed by atoms with Crippen molar-refractivity contribution in [3.63, 3.8) is 0 Å². The van der Waals surface area contributed by atoms with Gasteiger partial charge in [0.2, 0.25) is 5.91 Å². The molecule has 1 fully saturated rings. The van der Waals surface area contributed by atoms with Gasteiger partial charge in [-0.05, 0) is 25.8 Å². The molecule has 0 radical (unpaired) electrons. The second-order valence-corrected chi connectivity index (χ2v) is 5.77. The zero-order chi connectivity index (χ0) is 13.9. The van der Waals surface area contributed by atoms with Gasteiger partial charge < -0.3 is 10.0 Å². The molecular weight excluding hydrogens is 240 g/mol. The van der Waals surface area contributed by atoms with Gasteiger partial charge in [0.1, 0.15) is 0 Å². The van der Waals surface area contributed by atoms with Gasteiger partial charge in [-0.2, -0.15) is 0 Å². The molecule has 2 N–H and O–H groups in total. The topological polar surface area (TPSA) is 52.6 Å². The molecule has 2 rings (SSSR count). The van der Waals surface area contributed by atoms with Crippen molar-refractivity contribution in [1.29, 1.82) is 0 Å². The minimum atomic E-state index is -0.280. The van der Waals surface area contributed by atoms with Crippen molar-refractivity contribution in [2.45, 2.75) is 38.4 Å². The van der Waals surface area contributed by atoms with Crippen molar-refractivity contribution in [3.05, 3.63) is 35.9 Å². The van der Waals surface area contributed by atoms with Crippen molar-refractivity contribution in [3.8, 4) is 0 Å². The first-order valence-electron chi connectivity index (χ1n) is 6.73. The number of rotatable bonds is 4. The van der Waals surface area contributed by atoms with Crippen LogP contribution >= 0.6 is 0 Å². The number of hydrogen-bond acceptors (Lipinski definition) is 3. The molecule has 0 spiro atoms. The maximum atomic E-state index is 12.4. The smallest absolute Gasteiger partial charge is 0.240 e. The van der Waals surface area contributed by atoms with Gasteiger partial charge in [0, 0.05) is 25.2 Å². The minimum absolute atomic E-state index is 0.0265. The molecule has 4 heteroatoms. The van der Waals surface area contributed by atoms with Gasteiger partial charge in [0.25, 0.3) is 0 Å². The maximum absolute atomic E-state index is 12.4. The lowest BCUT2D eigenvalue weighted by Gasteiger charge is -2.43. The van der Waals surface area contributed by atoms with E-state index in [0.29, 0.717) is 19.5 Å². The molecule has 1 aromatic carbocycles. The van der Waals surface area contributed by atoms with Gasteiger partial charge >= 0.3 is 0 Å². The highest BCUT2D eigenvalue weighted by Crippen LogP contribution is 2.19. The van der Waals surface area contributed by atoms with Gasteiger partial charge in [-0.1, -0.05) is 30.3 Å². The summed E-state index contributed by atoms with van der Waals surface area (Å²) in [5.41, 5.74) is 1.01. The lowest BCUT2D eigenvalue weighted by atomic mass is 9.96. The van der Waals surface area contributed by atoms with E-state index in [1.807, 2.05) is 35.2 Å². The predicted octanol–water partition coefficient (Wildman–Crippen LogP) is 1.15. The number of piperazine rings is 1. The molecule has 1 aliphatic heterocycles. The molecule has 1 aromatic rings. The van der Waals surface area contributed by atoms with Crippen LogP contribution in [0.3, 0.4) is 0 Å². The standard InChI is InChI=1S/C15H22N2O2/c1-15(2)11-17(10-12-6-4-3-5-7-12)14(19)13(16-15)8-9-18/h3-7,13,16,18H,8-11H2,1-2H3. The van der Waals surface area contributed by atoms with Crippen molar-refractivity contribution in [2.24, 2.45) is 0 Å². The van der Waals surface area contributed by atoms with Crippen LogP contribution in [0.5, 0.6) is 0 Å². The van der Waals surface area contributed by atoms with Crippen LogP contribution in [0.15, 0.2) is 30.3 Å². The molecule has 1 saturated heterocycles. The molecule has 1 heterocycles. The summed E-state index contributed by atoms with van der Waals surface area (Å²) in [6.45, 7) is 5.51. The molecule has 19 heavy (non-hydrogen) atoms. The Kier molecular flexibility index (Phi) is 4.22. The lowest BCUT2D eigenvalue weighted by Crippen LogP contribution is -2.64. The number of nitrogens with zero attached hydrogens (tertiary/aromatic N) is 1. The van der Waals surface area contributed by atoms with Crippen LogP contribution in [-0.4, -0.2) is 40.6 Å². The number of carbonyl (C=O) groups excluding carboxylic acids is 1. The van der Waals surface area contributed by atoms with Gasteiger partial charge in [0.15, 0.2) is 0 Å². The van der Waals surface area contributed by atoms with Crippen molar-refractivity contribution in [1.82, 2.24) is 10.2 Å². The Balaban J connectivity index is 2.12. The van der Waals surface area contributed by atoms with E-state index in [9.17, 15) is 4.79 Å². The number of aliphatic hydroxyl groups is 1. The summed E-state index contributed by atoms with van der Waals surface area (Å²) < 4.78 is 0. The molecule has 1 atom stereocenters. The quantitative estimate of drug-likeness (QED) is 0.856. The number of carbonyl (C=O) groups is 1. The molecule has 1 amide bonds. The van der Waals surface area contributed by atoms with Gasteiger partial charge in [-0.3, -0.25) is 10.1 Å². The summed E-state index contributed by atoms with van der Waals surface area (Å²) in [4.78, 5) is 14.2. The zero-order valence-corrected chi connectivity index (χ0v) is 11.6. The van der Waals surface area contributed by atoms with Crippen LogP contribution in [0, 0.1) is 0 Å². The van der Waals surface area contributed by atoms with E-state index in [2.05, 4.69) is 19.2 Å². The summed E-state index contributed by atoms with van der Waals surface area (Å²) in [7, 11) is 0. The number of amides is 1. The van der Waals surface area contributed by atoms with Crippen molar-refractivity contribution >= 4 is 5.91 Å². The molecule has 0 saturated carbocycles. The third kappa shape index (κ3) is 3.55. The molecule has 1 unspecified atom stereocenters. The highest BCUT2D eigenvalue weighted by Gasteiger charge is 2.37. The van der Waals surface area contributed by atoms with Crippen LogP contribution < -0.4 is 5.32 Å². The third-order valence-corrected chi connectivity index (χ3v) is 3.39. The van der Waals surface area contributed by atoms with Crippen LogP contribution in [-0.2, 0) is 11.3 Å². The van der Waals surface area contributed by atoms with Crippen LogP contribution in [0.2, 0.25) is 0 Å². The Hall–Kier alpha value is -1.39. The minimum Gasteiger partial charge on any atom is -0.396 e. The maximum Gasteiger partial charge on any atom is 0.240 e. The zero-order valence-electron chi connectivity index (χ0n) is 11.6. The lowest BCUT2D eigenvalue weighted by molar-refractivity contribution is -0.140. The molecule has 0 bridgehead atoms. The van der Waals surface area contributed by atoms with Gasteiger partial charge in [-0.25, -0.2) is 0 Å². The Morgan fingerprint density at radius 3 is 2.68 bits per heavy atom. The first-order chi connectivity index (χ1) is 9.02. The van der Waals surface area contributed by atoms with E-state index in [0.717, 1.165) is 5.56 Å². The fraction of sp³-hybridized carbons (Fsp3) is 0.533. The van der Waals surface area contributed by atoms with Gasteiger partial charge in [0.05, 0.1) is 6.04 Å². The number of hydrogen-bond donors (Lipinski definition) is 2. The van der Waals surface area contributed by atoms with E-state index in [1.54, 1.807) is 0 Å². The number of aliphatic hydroxyl groups excluding tert-OH is 1. The fourth-order valence-electron chi connectivity index (χ4n) is 2.62. The summed E-state index contributed by atoms with van der Waals surface area (Å²) >= 11 is 0. The van der Waals surface area contributed by atoms with E-state index in [4.69, 9.17) is 5.11 Å². The summed E-state index contributed by atoms with van der Waals surface area (Å²) in [6, 6.07) is 9.72. The van der Waals surface area contributed by atoms with Crippen LogP contribution in [0.1, 0.15) is 25.8 Å². The highest BCUT2D eigenvalue weighted by molar-refractivity contribution is 5.83. The third-order valence-electron chi connectivity index (χ3n) is 3.39. The summed E-state index contributed by atoms with van der Waals surface area (Å²) in [5.74, 6) is 0.0808. The van der Waals surface area contributed by atoms with E-state index in [1.165, 1.54) is 0 Å². The van der Waals surface area contributed by atoms with Crippen LogP contribution in [0.25, 0.3) is 0 Å². The van der Waals surface area contributed by atoms with E-state index in [-0.39, 0.29) is 24.1 Å². The fourth-order valence-corrected chi connectivity index (χ4v) is 2.62. The Labute approximate surface area is 114 Å². The molecular formula is C15H22N2O2. The highest BCUT2D eigenvalue weighted by atomic mass is 16.3. The molecule has 104 valence electrons. The van der Waals surface area contributed by atoms with Crippen molar-refractivity contribution < 1.29 is 9.90 Å². The van der Waals surface area contributed by atoms with Gasteiger partial charge in [-0.15, -0.1) is 0 Å². The summed E-state index contributed by atoms with van der Waals surface area (Å²) in [5, 5.41) is 12.4. The second-order valence-electron chi connectivity index (χ2n) is 5.77. The monoisotopic (exact) mass is 262 g/mol. The first kappa shape index (κ1) is 14.0. The van der Waals surface area contributed by atoms with Crippen LogP contribution in [0.4, 0.5) is 0 Å². The number of benzene rings is 1. The Bertz CT molecular complexity index is 431. The van der Waals surface area contributed by atoms with E-state index < -0.39 is 0 Å². The van der Waals surface area contributed by atoms with Crippen molar-refractivity contribution in [2.75, 3.05) is 13.2 Å². The molecule has 0 aliphatic carbocycles. The summed E-state index contributed by atoms with van der Waals surface area (Å²) in [6.07, 6.45) is 0.466. The Morgan fingerprint density at radius 1 is 1.37 bits per heavy atom. The van der Waals surface area contributed by atoms with E-state index >= 15 is 0 Å². The average Bonchev–Trinajstić information content (AvgIpc) is 2.36.